The summed E-state index contributed by atoms with van der Waals surface area (Å²) in [5, 5.41) is 10.4. The third kappa shape index (κ3) is 10.7. The number of carbonyl (C=O) groups is 2. The summed E-state index contributed by atoms with van der Waals surface area (Å²) in [6.07, 6.45) is 5.57. The van der Waals surface area contributed by atoms with Crippen molar-refractivity contribution < 1.29 is 24.2 Å². The molecule has 2 aliphatic carbocycles. The van der Waals surface area contributed by atoms with E-state index in [0.29, 0.717) is 35.5 Å². The predicted molar refractivity (Wildman–Crippen MR) is 187 cm³/mol. The highest BCUT2D eigenvalue weighted by atomic mass is 16.6. The molecular formula is C41H62O5. The standard InChI is InChI=1S/C21H32O2.C20H30O3/c1-14(2)19-12-11-15(3)13-20(19)23-21(22)17(5)16(4)18-9-7-6-8-10-18;1-13(2)17-11-10-14(3)12-18(17)23-20(22)19(21)15(4)16-8-6-5-7-9-16/h6-10,14-17,19-20H,11-13H2,1-5H3;5-9,13-15,17-19,21H,10-12H2,1-4H3/t15?,16?,17?,19-,20?;14?,15-,17+,18?,19+/m10/s1. The molecule has 0 aliphatic heterocycles. The fourth-order valence-corrected chi connectivity index (χ4v) is 7.37. The van der Waals surface area contributed by atoms with Crippen molar-refractivity contribution in [1.29, 1.82) is 0 Å². The summed E-state index contributed by atoms with van der Waals surface area (Å²) in [6.45, 7) is 19.3. The van der Waals surface area contributed by atoms with Crippen molar-refractivity contribution in [2.45, 2.75) is 131 Å². The van der Waals surface area contributed by atoms with Gasteiger partial charge in [0.25, 0.3) is 0 Å². The summed E-state index contributed by atoms with van der Waals surface area (Å²) in [5.74, 6) is 2.50. The number of aliphatic hydroxyl groups excluding tert-OH is 1. The van der Waals surface area contributed by atoms with Crippen molar-refractivity contribution in [3.63, 3.8) is 0 Å². The Balaban J connectivity index is 0.000000250. The molecule has 0 radical (unpaired) electrons. The average Bonchev–Trinajstić information content (AvgIpc) is 3.04. The van der Waals surface area contributed by atoms with Crippen LogP contribution in [0.2, 0.25) is 0 Å². The quantitative estimate of drug-likeness (QED) is 0.264. The SMILES string of the molecule is CC1CC[C@H](C(C)C)C(OC(=O)C(C)C(C)c2ccccc2)C1.CC1CC[C@H](C(C)C)C(OC(=O)[C@H](O)[C@@H](C)c2ccccc2)C1. The molecule has 0 amide bonds. The molecule has 0 bridgehead atoms. The molecule has 4 rings (SSSR count). The van der Waals surface area contributed by atoms with Crippen LogP contribution in [0.5, 0.6) is 0 Å². The van der Waals surface area contributed by atoms with Crippen LogP contribution in [0.25, 0.3) is 0 Å². The molecule has 2 aromatic carbocycles. The highest BCUT2D eigenvalue weighted by Gasteiger charge is 2.37. The normalized spacial score (nSPS) is 27.5. The van der Waals surface area contributed by atoms with Gasteiger partial charge in [0.05, 0.1) is 5.92 Å². The van der Waals surface area contributed by atoms with Crippen LogP contribution in [0.15, 0.2) is 60.7 Å². The summed E-state index contributed by atoms with van der Waals surface area (Å²) in [7, 11) is 0. The van der Waals surface area contributed by atoms with E-state index in [0.717, 1.165) is 24.8 Å². The molecule has 2 aliphatic rings. The zero-order valence-corrected chi connectivity index (χ0v) is 30.0. The van der Waals surface area contributed by atoms with E-state index in [-0.39, 0.29) is 35.9 Å². The first-order chi connectivity index (χ1) is 21.8. The number of esters is 2. The summed E-state index contributed by atoms with van der Waals surface area (Å²) >= 11 is 0. The molecule has 1 N–H and O–H groups in total. The molecule has 6 unspecified atom stereocenters. The van der Waals surface area contributed by atoms with Crippen LogP contribution < -0.4 is 0 Å². The van der Waals surface area contributed by atoms with Crippen LogP contribution in [0.3, 0.4) is 0 Å². The Bertz CT molecular complexity index is 1080. The van der Waals surface area contributed by atoms with Crippen molar-refractivity contribution in [2.75, 3.05) is 0 Å². The van der Waals surface area contributed by atoms with E-state index < -0.39 is 12.1 Å². The molecule has 0 aromatic heterocycles. The minimum atomic E-state index is -1.11. The van der Waals surface area contributed by atoms with Crippen LogP contribution in [0.4, 0.5) is 0 Å². The Morgan fingerprint density at radius 3 is 1.41 bits per heavy atom. The van der Waals surface area contributed by atoms with Gasteiger partial charge in [-0.15, -0.1) is 0 Å². The fraction of sp³-hybridized carbons (Fsp3) is 0.659. The van der Waals surface area contributed by atoms with Gasteiger partial charge in [-0.3, -0.25) is 4.79 Å². The molecular weight excluding hydrogens is 572 g/mol. The van der Waals surface area contributed by atoms with Crippen molar-refractivity contribution in [3.05, 3.63) is 71.8 Å². The summed E-state index contributed by atoms with van der Waals surface area (Å²) in [4.78, 5) is 25.1. The number of hydrogen-bond donors (Lipinski definition) is 1. The van der Waals surface area contributed by atoms with E-state index >= 15 is 0 Å². The van der Waals surface area contributed by atoms with Gasteiger partial charge in [0.15, 0.2) is 6.10 Å². The van der Waals surface area contributed by atoms with E-state index in [1.165, 1.54) is 24.8 Å². The van der Waals surface area contributed by atoms with Gasteiger partial charge in [-0.1, -0.05) is 136 Å². The maximum Gasteiger partial charge on any atom is 0.335 e. The Kier molecular flexibility index (Phi) is 14.8. The Morgan fingerprint density at radius 2 is 1.00 bits per heavy atom. The van der Waals surface area contributed by atoms with Crippen LogP contribution in [-0.4, -0.2) is 35.4 Å². The van der Waals surface area contributed by atoms with Gasteiger partial charge in [0.2, 0.25) is 0 Å². The fourth-order valence-electron chi connectivity index (χ4n) is 7.37. The molecule has 0 heterocycles. The number of benzene rings is 2. The summed E-state index contributed by atoms with van der Waals surface area (Å²) < 4.78 is 11.8. The second kappa shape index (κ2) is 18.0. The molecule has 5 heteroatoms. The van der Waals surface area contributed by atoms with Crippen molar-refractivity contribution in [1.82, 2.24) is 0 Å². The smallest absolute Gasteiger partial charge is 0.335 e. The summed E-state index contributed by atoms with van der Waals surface area (Å²) in [6, 6.07) is 19.9. The Hall–Kier alpha value is -2.66. The molecule has 256 valence electrons. The maximum atomic E-state index is 12.7. The monoisotopic (exact) mass is 634 g/mol. The average molecular weight is 635 g/mol. The van der Waals surface area contributed by atoms with Crippen LogP contribution in [0.1, 0.15) is 124 Å². The van der Waals surface area contributed by atoms with Gasteiger partial charge in [-0.05, 0) is 78.2 Å². The van der Waals surface area contributed by atoms with Gasteiger partial charge in [-0.2, -0.15) is 0 Å². The minimum Gasteiger partial charge on any atom is -0.462 e. The maximum absolute atomic E-state index is 12.7. The van der Waals surface area contributed by atoms with E-state index in [9.17, 15) is 14.7 Å². The number of rotatable bonds is 10. The molecule has 46 heavy (non-hydrogen) atoms. The topological polar surface area (TPSA) is 72.8 Å². The highest BCUT2D eigenvalue weighted by Crippen LogP contribution is 2.37. The highest BCUT2D eigenvalue weighted by molar-refractivity contribution is 5.76. The minimum absolute atomic E-state index is 0.0360. The van der Waals surface area contributed by atoms with E-state index in [4.69, 9.17) is 9.47 Å². The largest absolute Gasteiger partial charge is 0.462 e. The van der Waals surface area contributed by atoms with Crippen LogP contribution in [-0.2, 0) is 19.1 Å². The van der Waals surface area contributed by atoms with Gasteiger partial charge < -0.3 is 14.6 Å². The molecule has 2 saturated carbocycles. The molecule has 0 saturated heterocycles. The molecule has 0 spiro atoms. The lowest BCUT2D eigenvalue weighted by Crippen LogP contribution is -2.39. The number of aliphatic hydroxyl groups is 1. The zero-order chi connectivity index (χ0) is 34.0. The van der Waals surface area contributed by atoms with E-state index in [2.05, 4.69) is 60.6 Å². The second-order valence-corrected chi connectivity index (χ2v) is 15.2. The lowest BCUT2D eigenvalue weighted by atomic mass is 9.75. The van der Waals surface area contributed by atoms with Gasteiger partial charge in [-0.25, -0.2) is 4.79 Å². The Labute approximate surface area is 279 Å². The van der Waals surface area contributed by atoms with Crippen molar-refractivity contribution in [2.24, 2.45) is 41.4 Å². The first-order valence-corrected chi connectivity index (χ1v) is 18.0. The molecule has 2 aromatic rings. The molecule has 10 atom stereocenters. The number of carbonyl (C=O) groups excluding carboxylic acids is 2. The zero-order valence-electron chi connectivity index (χ0n) is 30.0. The van der Waals surface area contributed by atoms with Crippen LogP contribution in [0, 0.1) is 41.4 Å². The van der Waals surface area contributed by atoms with Gasteiger partial charge >= 0.3 is 11.9 Å². The second-order valence-electron chi connectivity index (χ2n) is 15.2. The number of ether oxygens (including phenoxy) is 2. The lowest BCUT2D eigenvalue weighted by Gasteiger charge is -2.37. The first kappa shape index (κ1) is 37.8. The lowest BCUT2D eigenvalue weighted by molar-refractivity contribution is -0.167. The Morgan fingerprint density at radius 1 is 0.609 bits per heavy atom. The predicted octanol–water partition coefficient (Wildman–Crippen LogP) is 9.59. The van der Waals surface area contributed by atoms with Gasteiger partial charge in [0.1, 0.15) is 12.2 Å². The third-order valence-electron chi connectivity index (χ3n) is 10.9. The first-order valence-electron chi connectivity index (χ1n) is 18.0. The number of hydrogen-bond acceptors (Lipinski definition) is 5. The van der Waals surface area contributed by atoms with Crippen molar-refractivity contribution in [3.8, 4) is 0 Å². The van der Waals surface area contributed by atoms with E-state index in [1.54, 1.807) is 0 Å². The molecule has 2 fully saturated rings. The summed E-state index contributed by atoms with van der Waals surface area (Å²) in [5.41, 5.74) is 2.16. The third-order valence-corrected chi connectivity index (χ3v) is 10.9. The van der Waals surface area contributed by atoms with Crippen molar-refractivity contribution >= 4 is 11.9 Å². The molecule has 5 nitrogen and oxygen atoms in total. The van der Waals surface area contributed by atoms with Crippen LogP contribution >= 0.6 is 0 Å². The van der Waals surface area contributed by atoms with Gasteiger partial charge in [0, 0.05) is 5.92 Å². The van der Waals surface area contributed by atoms with E-state index in [1.807, 2.05) is 62.4 Å².